The normalized spacial score (nSPS) is 14.6. The van der Waals surface area contributed by atoms with Crippen LogP contribution >= 0.6 is 23.4 Å². The molecule has 0 N–H and O–H groups in total. The third-order valence-electron chi connectivity index (χ3n) is 3.43. The van der Waals surface area contributed by atoms with Gasteiger partial charge in [-0.2, -0.15) is 0 Å². The van der Waals surface area contributed by atoms with Gasteiger partial charge in [-0.15, -0.1) is 10.2 Å². The molecule has 3 aromatic rings. The van der Waals surface area contributed by atoms with Crippen molar-refractivity contribution in [1.29, 1.82) is 0 Å². The Morgan fingerprint density at radius 1 is 1.27 bits per heavy atom. The predicted octanol–water partition coefficient (Wildman–Crippen LogP) is 4.32. The molecule has 0 radical (unpaired) electrons. The van der Waals surface area contributed by atoms with Crippen LogP contribution in [0.3, 0.4) is 0 Å². The number of fused-ring (bicyclic) bond motifs is 1. The van der Waals surface area contributed by atoms with Crippen molar-refractivity contribution in [2.45, 2.75) is 24.0 Å². The molecule has 112 valence electrons. The van der Waals surface area contributed by atoms with E-state index in [1.165, 1.54) is 11.8 Å². The van der Waals surface area contributed by atoms with Gasteiger partial charge in [-0.3, -0.25) is 4.79 Å². The van der Waals surface area contributed by atoms with Gasteiger partial charge in [0.15, 0.2) is 5.76 Å². The number of ketones is 1. The molecule has 4 rings (SSSR count). The third-order valence-corrected chi connectivity index (χ3v) is 4.48. The second-order valence-electron chi connectivity index (χ2n) is 5.19. The number of hydrogen-bond donors (Lipinski definition) is 0. The number of halogens is 1. The van der Waals surface area contributed by atoms with E-state index in [1.54, 1.807) is 24.3 Å². The molecule has 2 heterocycles. The Labute approximate surface area is 135 Å². The van der Waals surface area contributed by atoms with Crippen LogP contribution in [-0.2, 0) is 0 Å². The number of Topliss-reactive ketones (excluding diaryl/α,β-unsaturated/α-hetero) is 1. The molecule has 2 aromatic heterocycles. The summed E-state index contributed by atoms with van der Waals surface area (Å²) in [4.78, 5) is 12.2. The summed E-state index contributed by atoms with van der Waals surface area (Å²) in [5.74, 6) is 1.47. The molecule has 0 amide bonds. The lowest BCUT2D eigenvalue weighted by Gasteiger charge is -1.93. The fraction of sp³-hybridized carbons (Fsp3) is 0.267. The molecule has 0 aliphatic heterocycles. The van der Waals surface area contributed by atoms with E-state index in [-0.39, 0.29) is 11.5 Å². The molecule has 1 fully saturated rings. The van der Waals surface area contributed by atoms with Crippen molar-refractivity contribution in [3.05, 3.63) is 40.9 Å². The summed E-state index contributed by atoms with van der Waals surface area (Å²) in [7, 11) is 0. The quantitative estimate of drug-likeness (QED) is 0.511. The Balaban J connectivity index is 1.45. The Morgan fingerprint density at radius 3 is 2.95 bits per heavy atom. The van der Waals surface area contributed by atoms with E-state index in [2.05, 4.69) is 10.2 Å². The first-order valence-electron chi connectivity index (χ1n) is 6.87. The highest BCUT2D eigenvalue weighted by Gasteiger charge is 2.29. The Morgan fingerprint density at radius 2 is 2.14 bits per heavy atom. The van der Waals surface area contributed by atoms with E-state index >= 15 is 0 Å². The number of aromatic nitrogens is 2. The molecule has 1 aliphatic rings. The number of furan rings is 1. The van der Waals surface area contributed by atoms with E-state index in [0.717, 1.165) is 18.2 Å². The number of benzene rings is 1. The van der Waals surface area contributed by atoms with E-state index in [1.807, 2.05) is 0 Å². The Hall–Kier alpha value is -1.79. The topological polar surface area (TPSA) is 69.1 Å². The number of thioether (sulfide) groups is 1. The first-order valence-corrected chi connectivity index (χ1v) is 8.24. The van der Waals surface area contributed by atoms with Gasteiger partial charge in [-0.1, -0.05) is 23.4 Å². The molecule has 0 atom stereocenters. The van der Waals surface area contributed by atoms with Gasteiger partial charge in [0.25, 0.3) is 5.22 Å². The molecule has 7 heteroatoms. The zero-order chi connectivity index (χ0) is 15.1. The standard InChI is InChI=1S/C15H11ClN2O3S/c16-10-3-4-12-9(5-10)6-13(20-12)11(19)7-22-15-18-17-14(21-15)8-1-2-8/h3-6,8H,1-2,7H2. The Bertz CT molecular complexity index is 853. The van der Waals surface area contributed by atoms with Gasteiger partial charge in [0.1, 0.15) is 5.58 Å². The lowest BCUT2D eigenvalue weighted by Crippen LogP contribution is -2.00. The average Bonchev–Trinajstić information content (AvgIpc) is 3.10. The zero-order valence-corrected chi connectivity index (χ0v) is 13.0. The summed E-state index contributed by atoms with van der Waals surface area (Å²) >= 11 is 7.15. The minimum absolute atomic E-state index is 0.122. The van der Waals surface area contributed by atoms with Gasteiger partial charge in [0.05, 0.1) is 5.75 Å². The highest BCUT2D eigenvalue weighted by molar-refractivity contribution is 7.99. The van der Waals surface area contributed by atoms with Crippen LogP contribution in [0.4, 0.5) is 0 Å². The van der Waals surface area contributed by atoms with Crippen molar-refractivity contribution in [3.8, 4) is 0 Å². The summed E-state index contributed by atoms with van der Waals surface area (Å²) in [6.45, 7) is 0. The van der Waals surface area contributed by atoms with Crippen molar-refractivity contribution >= 4 is 40.1 Å². The fourth-order valence-corrected chi connectivity index (χ4v) is 2.94. The van der Waals surface area contributed by atoms with Crippen molar-refractivity contribution in [1.82, 2.24) is 10.2 Å². The number of carbonyl (C=O) groups is 1. The average molecular weight is 335 g/mol. The van der Waals surface area contributed by atoms with Crippen molar-refractivity contribution < 1.29 is 13.6 Å². The maximum absolute atomic E-state index is 12.2. The third kappa shape index (κ3) is 2.76. The van der Waals surface area contributed by atoms with Crippen LogP contribution < -0.4 is 0 Å². The molecule has 1 saturated carbocycles. The van der Waals surface area contributed by atoms with Gasteiger partial charge in [-0.05, 0) is 37.1 Å². The van der Waals surface area contributed by atoms with Crippen molar-refractivity contribution in [2.75, 3.05) is 5.75 Å². The molecule has 0 unspecified atom stereocenters. The largest absolute Gasteiger partial charge is 0.453 e. The maximum atomic E-state index is 12.2. The fourth-order valence-electron chi connectivity index (χ4n) is 2.12. The van der Waals surface area contributed by atoms with Crippen LogP contribution in [-0.4, -0.2) is 21.7 Å². The molecule has 1 aliphatic carbocycles. The molecular weight excluding hydrogens is 324 g/mol. The summed E-state index contributed by atoms with van der Waals surface area (Å²) in [6, 6.07) is 6.95. The van der Waals surface area contributed by atoms with Gasteiger partial charge in [-0.25, -0.2) is 0 Å². The van der Waals surface area contributed by atoms with E-state index < -0.39 is 0 Å². The van der Waals surface area contributed by atoms with Crippen molar-refractivity contribution in [3.63, 3.8) is 0 Å². The van der Waals surface area contributed by atoms with Gasteiger partial charge >= 0.3 is 0 Å². The number of hydrogen-bond acceptors (Lipinski definition) is 6. The summed E-state index contributed by atoms with van der Waals surface area (Å²) < 4.78 is 11.0. The number of nitrogens with zero attached hydrogens (tertiary/aromatic N) is 2. The molecule has 0 bridgehead atoms. The lowest BCUT2D eigenvalue weighted by molar-refractivity contribution is 0.0994. The van der Waals surface area contributed by atoms with Crippen LogP contribution in [0.5, 0.6) is 0 Å². The second kappa shape index (κ2) is 5.44. The summed E-state index contributed by atoms with van der Waals surface area (Å²) in [5.41, 5.74) is 0.645. The van der Waals surface area contributed by atoms with Crippen LogP contribution in [0.2, 0.25) is 5.02 Å². The molecule has 5 nitrogen and oxygen atoms in total. The van der Waals surface area contributed by atoms with Gasteiger partial charge in [0.2, 0.25) is 11.7 Å². The first kappa shape index (κ1) is 13.8. The van der Waals surface area contributed by atoms with E-state index in [0.29, 0.717) is 33.4 Å². The van der Waals surface area contributed by atoms with E-state index in [9.17, 15) is 4.79 Å². The zero-order valence-electron chi connectivity index (χ0n) is 11.4. The van der Waals surface area contributed by atoms with Crippen LogP contribution in [0.15, 0.2) is 38.3 Å². The number of carbonyl (C=O) groups excluding carboxylic acids is 1. The highest BCUT2D eigenvalue weighted by atomic mass is 35.5. The van der Waals surface area contributed by atoms with Crippen molar-refractivity contribution in [2.24, 2.45) is 0 Å². The maximum Gasteiger partial charge on any atom is 0.277 e. The number of rotatable bonds is 5. The molecule has 1 aromatic carbocycles. The minimum Gasteiger partial charge on any atom is -0.453 e. The summed E-state index contributed by atoms with van der Waals surface area (Å²) in [5, 5.41) is 9.78. The minimum atomic E-state index is -0.122. The van der Waals surface area contributed by atoms with Crippen LogP contribution in [0, 0.1) is 0 Å². The van der Waals surface area contributed by atoms with Crippen LogP contribution in [0.1, 0.15) is 35.2 Å². The molecular formula is C15H11ClN2O3S. The smallest absolute Gasteiger partial charge is 0.277 e. The van der Waals surface area contributed by atoms with Gasteiger partial charge in [0, 0.05) is 16.3 Å². The van der Waals surface area contributed by atoms with Crippen LogP contribution in [0.25, 0.3) is 11.0 Å². The van der Waals surface area contributed by atoms with Gasteiger partial charge < -0.3 is 8.83 Å². The highest BCUT2D eigenvalue weighted by Crippen LogP contribution is 2.39. The predicted molar refractivity (Wildman–Crippen MR) is 82.6 cm³/mol. The lowest BCUT2D eigenvalue weighted by atomic mass is 10.2. The molecule has 22 heavy (non-hydrogen) atoms. The van der Waals surface area contributed by atoms with E-state index in [4.69, 9.17) is 20.4 Å². The molecule has 0 saturated heterocycles. The molecule has 0 spiro atoms. The Kier molecular flexibility index (Phi) is 3.43. The summed E-state index contributed by atoms with van der Waals surface area (Å²) in [6.07, 6.45) is 2.21. The second-order valence-corrected chi connectivity index (χ2v) is 6.55. The first-order chi connectivity index (χ1) is 10.7. The SMILES string of the molecule is O=C(CSc1nnc(C2CC2)o1)c1cc2cc(Cl)ccc2o1. The monoisotopic (exact) mass is 334 g/mol.